The lowest BCUT2D eigenvalue weighted by molar-refractivity contribution is -0.146. The number of hydrogen-bond donors (Lipinski definition) is 2. The Bertz CT molecular complexity index is 602. The summed E-state index contributed by atoms with van der Waals surface area (Å²) in [6.07, 6.45) is 0. The molecule has 118 valence electrons. The van der Waals surface area contributed by atoms with Gasteiger partial charge in [0.2, 0.25) is 0 Å². The van der Waals surface area contributed by atoms with Gasteiger partial charge in [0, 0.05) is 25.7 Å². The van der Waals surface area contributed by atoms with Crippen LogP contribution in [0.4, 0.5) is 11.4 Å². The van der Waals surface area contributed by atoms with Crippen LogP contribution in [0.15, 0.2) is 18.2 Å². The van der Waals surface area contributed by atoms with Gasteiger partial charge in [-0.15, -0.1) is 0 Å². The minimum atomic E-state index is -0.525. The molecule has 1 aromatic carbocycles. The molecule has 0 unspecified atom stereocenters. The highest BCUT2D eigenvalue weighted by Crippen LogP contribution is 2.33. The number of amides is 2. The van der Waals surface area contributed by atoms with Crippen molar-refractivity contribution < 1.29 is 23.9 Å². The van der Waals surface area contributed by atoms with Gasteiger partial charge in [-0.1, -0.05) is 0 Å². The zero-order valence-corrected chi connectivity index (χ0v) is 12.1. The van der Waals surface area contributed by atoms with Crippen molar-refractivity contribution >= 4 is 29.2 Å². The number of fused-ring (bicyclic) bond motifs is 1. The SMILES string of the molecule is CC(=O)OCC(=O)NCCN1C(=O)COc2ccc(N)cc21. The summed E-state index contributed by atoms with van der Waals surface area (Å²) in [5.74, 6) is -0.598. The predicted molar refractivity (Wildman–Crippen MR) is 78.3 cm³/mol. The smallest absolute Gasteiger partial charge is 0.303 e. The van der Waals surface area contributed by atoms with Crippen LogP contribution in [0, 0.1) is 0 Å². The summed E-state index contributed by atoms with van der Waals surface area (Å²) >= 11 is 0. The quantitative estimate of drug-likeness (QED) is 0.569. The molecule has 8 heteroatoms. The van der Waals surface area contributed by atoms with E-state index >= 15 is 0 Å². The lowest BCUT2D eigenvalue weighted by Gasteiger charge is -2.29. The number of carbonyl (C=O) groups excluding carboxylic acids is 3. The summed E-state index contributed by atoms with van der Waals surface area (Å²) in [4.78, 5) is 35.5. The Morgan fingerprint density at radius 1 is 1.45 bits per heavy atom. The summed E-state index contributed by atoms with van der Waals surface area (Å²) < 4.78 is 9.89. The van der Waals surface area contributed by atoms with E-state index in [9.17, 15) is 14.4 Å². The largest absolute Gasteiger partial charge is 0.482 e. The molecule has 3 N–H and O–H groups in total. The molecule has 1 aliphatic rings. The third kappa shape index (κ3) is 3.87. The van der Waals surface area contributed by atoms with E-state index < -0.39 is 11.9 Å². The van der Waals surface area contributed by atoms with Crippen LogP contribution in [0.1, 0.15) is 6.92 Å². The fourth-order valence-corrected chi connectivity index (χ4v) is 1.99. The maximum atomic E-state index is 11.9. The number of nitrogen functional groups attached to an aromatic ring is 1. The van der Waals surface area contributed by atoms with E-state index in [0.29, 0.717) is 17.1 Å². The average Bonchev–Trinajstić information content (AvgIpc) is 2.47. The second-order valence-corrected chi connectivity index (χ2v) is 4.69. The first-order chi connectivity index (χ1) is 10.5. The molecular weight excluding hydrogens is 290 g/mol. The zero-order valence-electron chi connectivity index (χ0n) is 12.1. The third-order valence-electron chi connectivity index (χ3n) is 2.99. The van der Waals surface area contributed by atoms with Crippen molar-refractivity contribution in [3.63, 3.8) is 0 Å². The summed E-state index contributed by atoms with van der Waals surface area (Å²) in [6, 6.07) is 5.03. The van der Waals surface area contributed by atoms with Gasteiger partial charge >= 0.3 is 5.97 Å². The van der Waals surface area contributed by atoms with E-state index in [1.807, 2.05) is 0 Å². The molecule has 1 heterocycles. The molecule has 22 heavy (non-hydrogen) atoms. The minimum absolute atomic E-state index is 0.0572. The Morgan fingerprint density at radius 3 is 2.95 bits per heavy atom. The third-order valence-corrected chi connectivity index (χ3v) is 2.99. The van der Waals surface area contributed by atoms with E-state index in [1.165, 1.54) is 11.8 Å². The normalized spacial score (nSPS) is 13.1. The number of esters is 1. The van der Waals surface area contributed by atoms with Crippen molar-refractivity contribution in [2.75, 3.05) is 36.9 Å². The predicted octanol–water partition coefficient (Wildman–Crippen LogP) is -0.326. The number of hydrogen-bond acceptors (Lipinski definition) is 6. The molecule has 0 spiro atoms. The van der Waals surface area contributed by atoms with E-state index in [4.69, 9.17) is 10.5 Å². The van der Waals surface area contributed by atoms with Gasteiger partial charge in [0.15, 0.2) is 13.2 Å². The van der Waals surface area contributed by atoms with Gasteiger partial charge in [-0.05, 0) is 18.2 Å². The first-order valence-electron chi connectivity index (χ1n) is 6.70. The Labute approximate surface area is 127 Å². The molecule has 1 aromatic rings. The molecule has 0 bridgehead atoms. The van der Waals surface area contributed by atoms with E-state index in [2.05, 4.69) is 10.1 Å². The molecule has 0 aliphatic carbocycles. The van der Waals surface area contributed by atoms with Gasteiger partial charge in [-0.3, -0.25) is 14.4 Å². The summed E-state index contributed by atoms with van der Waals surface area (Å²) in [7, 11) is 0. The van der Waals surface area contributed by atoms with Crippen LogP contribution >= 0.6 is 0 Å². The van der Waals surface area contributed by atoms with Gasteiger partial charge in [0.25, 0.3) is 11.8 Å². The topological polar surface area (TPSA) is 111 Å². The van der Waals surface area contributed by atoms with Crippen molar-refractivity contribution in [1.29, 1.82) is 0 Å². The van der Waals surface area contributed by atoms with Gasteiger partial charge < -0.3 is 25.4 Å². The highest BCUT2D eigenvalue weighted by molar-refractivity contribution is 5.98. The zero-order chi connectivity index (χ0) is 16.1. The number of benzene rings is 1. The average molecular weight is 307 g/mol. The van der Waals surface area contributed by atoms with Crippen LogP contribution in [0.2, 0.25) is 0 Å². The number of rotatable bonds is 5. The molecule has 0 atom stereocenters. The Hall–Kier alpha value is -2.77. The molecule has 0 saturated heterocycles. The summed E-state index contributed by atoms with van der Waals surface area (Å²) in [5.41, 5.74) is 6.81. The number of ether oxygens (including phenoxy) is 2. The standard InChI is InChI=1S/C14H17N3O5/c1-9(18)21-7-13(19)16-4-5-17-11-6-10(15)2-3-12(11)22-8-14(17)20/h2-3,6H,4-5,7-8,15H2,1H3,(H,16,19). The Balaban J connectivity index is 1.93. The maximum absolute atomic E-state index is 11.9. The molecular formula is C14H17N3O5. The van der Waals surface area contributed by atoms with Gasteiger partial charge in [-0.25, -0.2) is 0 Å². The summed E-state index contributed by atoms with van der Waals surface area (Å²) in [5, 5.41) is 2.57. The van der Waals surface area contributed by atoms with Crippen molar-refractivity contribution in [2.24, 2.45) is 0 Å². The lowest BCUT2D eigenvalue weighted by atomic mass is 10.2. The fraction of sp³-hybridized carbons (Fsp3) is 0.357. The first kappa shape index (κ1) is 15.6. The number of anilines is 2. The Kier molecular flexibility index (Phi) is 4.82. The van der Waals surface area contributed by atoms with Crippen molar-refractivity contribution in [3.8, 4) is 5.75 Å². The van der Waals surface area contributed by atoms with Crippen LogP contribution in [0.5, 0.6) is 5.75 Å². The molecule has 0 aromatic heterocycles. The van der Waals surface area contributed by atoms with E-state index in [0.717, 1.165) is 0 Å². The molecule has 8 nitrogen and oxygen atoms in total. The number of carbonyl (C=O) groups is 3. The highest BCUT2D eigenvalue weighted by atomic mass is 16.5. The maximum Gasteiger partial charge on any atom is 0.303 e. The van der Waals surface area contributed by atoms with Gasteiger partial charge in [0.1, 0.15) is 5.75 Å². The molecule has 0 radical (unpaired) electrons. The van der Waals surface area contributed by atoms with Gasteiger partial charge in [-0.2, -0.15) is 0 Å². The summed E-state index contributed by atoms with van der Waals surface area (Å²) in [6.45, 7) is 1.32. The molecule has 0 fully saturated rings. The van der Waals surface area contributed by atoms with Gasteiger partial charge in [0.05, 0.1) is 5.69 Å². The van der Waals surface area contributed by atoms with Crippen LogP contribution in [0.25, 0.3) is 0 Å². The van der Waals surface area contributed by atoms with Crippen LogP contribution in [-0.2, 0) is 19.1 Å². The monoisotopic (exact) mass is 307 g/mol. The number of nitrogens with zero attached hydrogens (tertiary/aromatic N) is 1. The van der Waals surface area contributed by atoms with Crippen LogP contribution in [-0.4, -0.2) is 44.1 Å². The van der Waals surface area contributed by atoms with Crippen molar-refractivity contribution in [3.05, 3.63) is 18.2 Å². The molecule has 2 rings (SSSR count). The molecule has 0 saturated carbocycles. The highest BCUT2D eigenvalue weighted by Gasteiger charge is 2.25. The second-order valence-electron chi connectivity index (χ2n) is 4.69. The Morgan fingerprint density at radius 2 is 2.23 bits per heavy atom. The number of nitrogens with two attached hydrogens (primary N) is 1. The van der Waals surface area contributed by atoms with Crippen LogP contribution in [0.3, 0.4) is 0 Å². The first-order valence-corrected chi connectivity index (χ1v) is 6.70. The van der Waals surface area contributed by atoms with Crippen molar-refractivity contribution in [1.82, 2.24) is 5.32 Å². The van der Waals surface area contributed by atoms with Crippen LogP contribution < -0.4 is 20.7 Å². The minimum Gasteiger partial charge on any atom is -0.482 e. The fourth-order valence-electron chi connectivity index (χ4n) is 1.99. The lowest BCUT2D eigenvalue weighted by Crippen LogP contribution is -2.44. The van der Waals surface area contributed by atoms with E-state index in [1.54, 1.807) is 18.2 Å². The second kappa shape index (κ2) is 6.79. The molecule has 1 aliphatic heterocycles. The number of nitrogens with one attached hydrogen (secondary N) is 1. The van der Waals surface area contributed by atoms with E-state index in [-0.39, 0.29) is 32.2 Å². The molecule has 2 amide bonds. The van der Waals surface area contributed by atoms with Crippen molar-refractivity contribution in [2.45, 2.75) is 6.92 Å².